The molecule has 0 fully saturated rings. The van der Waals surface area contributed by atoms with E-state index in [9.17, 15) is 0 Å². The third kappa shape index (κ3) is 6.80. The number of rotatable bonds is 7. The van der Waals surface area contributed by atoms with Crippen molar-refractivity contribution in [3.63, 3.8) is 0 Å². The van der Waals surface area contributed by atoms with Crippen LogP contribution in [0.3, 0.4) is 0 Å². The standard InChI is InChI=1S/C59H56N4/c1-40-32-54-55(33-41(40)2)62(39-61(54)48-24-16-11-17-25-48)49-35-46(58(6,7)8)34-47(36-49)59(42-20-12-9-13-21-42,43-22-14-10-15-23-43)45-28-29-51-50-26-18-19-27-52(50)63(53(51)37-45)56-38-44(30-31-60-56)57(3,4)5/h9-38H,39H2,1-8H3. The molecule has 63 heavy (non-hydrogen) atoms. The lowest BCUT2D eigenvalue weighted by molar-refractivity contribution is 0.587. The first kappa shape index (κ1) is 40.2. The third-order valence-corrected chi connectivity index (χ3v) is 13.4. The van der Waals surface area contributed by atoms with Crippen molar-refractivity contribution in [2.75, 3.05) is 16.5 Å². The summed E-state index contributed by atoms with van der Waals surface area (Å²) >= 11 is 0. The Morgan fingerprint density at radius 3 is 1.57 bits per heavy atom. The summed E-state index contributed by atoms with van der Waals surface area (Å²) in [6.07, 6.45) is 1.97. The van der Waals surface area contributed by atoms with Gasteiger partial charge in [0.15, 0.2) is 0 Å². The Hall–Kier alpha value is -6.91. The summed E-state index contributed by atoms with van der Waals surface area (Å²) in [4.78, 5) is 10.1. The van der Waals surface area contributed by atoms with Gasteiger partial charge in [0, 0.05) is 28.3 Å². The lowest BCUT2D eigenvalue weighted by atomic mass is 9.64. The zero-order valence-corrected chi connectivity index (χ0v) is 37.8. The highest BCUT2D eigenvalue weighted by Crippen LogP contribution is 2.51. The van der Waals surface area contributed by atoms with E-state index in [1.54, 1.807) is 0 Å². The summed E-state index contributed by atoms with van der Waals surface area (Å²) in [5.41, 5.74) is 16.2. The number of pyridine rings is 1. The maximum absolute atomic E-state index is 5.07. The molecular weight excluding hydrogens is 765 g/mol. The molecular formula is C59H56N4. The maximum Gasteiger partial charge on any atom is 0.137 e. The van der Waals surface area contributed by atoms with Gasteiger partial charge in [0.25, 0.3) is 0 Å². The van der Waals surface area contributed by atoms with Crippen molar-refractivity contribution < 1.29 is 0 Å². The first-order chi connectivity index (χ1) is 30.3. The van der Waals surface area contributed by atoms with Crippen molar-refractivity contribution in [1.29, 1.82) is 0 Å². The molecule has 0 saturated carbocycles. The number of aromatic nitrogens is 2. The van der Waals surface area contributed by atoms with E-state index in [2.05, 4.69) is 246 Å². The van der Waals surface area contributed by atoms with Gasteiger partial charge < -0.3 is 9.80 Å². The summed E-state index contributed by atoms with van der Waals surface area (Å²) in [5, 5.41) is 2.42. The van der Waals surface area contributed by atoms with Gasteiger partial charge in [-0.05, 0) is 130 Å². The van der Waals surface area contributed by atoms with Crippen LogP contribution >= 0.6 is 0 Å². The molecule has 4 nitrogen and oxygen atoms in total. The van der Waals surface area contributed by atoms with Gasteiger partial charge in [0.1, 0.15) is 12.5 Å². The minimum Gasteiger partial charge on any atom is -0.321 e. The molecule has 1 aliphatic heterocycles. The van der Waals surface area contributed by atoms with Crippen LogP contribution in [0.2, 0.25) is 0 Å². The van der Waals surface area contributed by atoms with Gasteiger partial charge in [-0.1, -0.05) is 157 Å². The van der Waals surface area contributed by atoms with Crippen LogP contribution in [0.15, 0.2) is 182 Å². The monoisotopic (exact) mass is 820 g/mol. The first-order valence-electron chi connectivity index (χ1n) is 22.3. The van der Waals surface area contributed by atoms with Crippen LogP contribution in [-0.2, 0) is 16.2 Å². The fourth-order valence-corrected chi connectivity index (χ4v) is 9.81. The normalized spacial score (nSPS) is 13.3. The minimum atomic E-state index is -0.709. The third-order valence-electron chi connectivity index (χ3n) is 13.4. The summed E-state index contributed by atoms with van der Waals surface area (Å²) < 4.78 is 2.38. The van der Waals surface area contributed by atoms with Crippen molar-refractivity contribution in [2.45, 2.75) is 71.6 Å². The average Bonchev–Trinajstić information content (AvgIpc) is 3.82. The lowest BCUT2D eigenvalue weighted by Crippen LogP contribution is -2.32. The van der Waals surface area contributed by atoms with Gasteiger partial charge in [-0.3, -0.25) is 4.57 Å². The van der Waals surface area contributed by atoms with Crippen LogP contribution in [0.25, 0.3) is 27.6 Å². The van der Waals surface area contributed by atoms with Gasteiger partial charge in [-0.25, -0.2) is 4.98 Å². The van der Waals surface area contributed by atoms with Crippen LogP contribution in [0.5, 0.6) is 0 Å². The molecule has 4 heteroatoms. The van der Waals surface area contributed by atoms with E-state index in [1.807, 2.05) is 6.20 Å². The van der Waals surface area contributed by atoms with Gasteiger partial charge >= 0.3 is 0 Å². The SMILES string of the molecule is Cc1cc2c(cc1C)N(c1cc(C(C)(C)C)cc(C(c3ccccc3)(c3ccccc3)c3ccc4c5ccccc5n(-c5cc(C(C)(C)C)ccn5)c4c3)c1)CN2c1ccccc1. The quantitative estimate of drug-likeness (QED) is 0.150. The molecule has 0 atom stereocenters. The largest absolute Gasteiger partial charge is 0.321 e. The highest BCUT2D eigenvalue weighted by molar-refractivity contribution is 6.09. The van der Waals surface area contributed by atoms with E-state index in [1.165, 1.54) is 78.0 Å². The molecule has 312 valence electrons. The number of hydrogen-bond donors (Lipinski definition) is 0. The molecule has 1 aliphatic rings. The summed E-state index contributed by atoms with van der Waals surface area (Å²) in [6, 6.07) is 65.7. The van der Waals surface area contributed by atoms with Crippen LogP contribution in [0, 0.1) is 13.8 Å². The Labute approximate surface area is 373 Å². The van der Waals surface area contributed by atoms with E-state index in [0.717, 1.165) is 16.9 Å². The van der Waals surface area contributed by atoms with Gasteiger partial charge in [0.2, 0.25) is 0 Å². The predicted octanol–water partition coefficient (Wildman–Crippen LogP) is 15.0. The molecule has 7 aromatic carbocycles. The smallest absolute Gasteiger partial charge is 0.137 e. The maximum atomic E-state index is 5.07. The van der Waals surface area contributed by atoms with E-state index in [4.69, 9.17) is 4.98 Å². The van der Waals surface area contributed by atoms with Gasteiger partial charge in [-0.15, -0.1) is 0 Å². The number of nitrogens with zero attached hydrogens (tertiary/aromatic N) is 4. The predicted molar refractivity (Wildman–Crippen MR) is 266 cm³/mol. The number of anilines is 4. The highest BCUT2D eigenvalue weighted by Gasteiger charge is 2.41. The van der Waals surface area contributed by atoms with Crippen molar-refractivity contribution in [3.05, 3.63) is 227 Å². The van der Waals surface area contributed by atoms with Crippen LogP contribution in [0.1, 0.15) is 86.1 Å². The number of fused-ring (bicyclic) bond motifs is 4. The van der Waals surface area contributed by atoms with Crippen LogP contribution in [-0.4, -0.2) is 16.2 Å². The Morgan fingerprint density at radius 1 is 0.413 bits per heavy atom. The van der Waals surface area contributed by atoms with Crippen LogP contribution in [0.4, 0.5) is 22.7 Å². The van der Waals surface area contributed by atoms with Crippen molar-refractivity contribution >= 4 is 44.6 Å². The Bertz CT molecular complexity index is 3090. The van der Waals surface area contributed by atoms with E-state index >= 15 is 0 Å². The molecule has 0 N–H and O–H groups in total. The van der Waals surface area contributed by atoms with E-state index < -0.39 is 5.41 Å². The minimum absolute atomic E-state index is 0.0291. The highest BCUT2D eigenvalue weighted by atomic mass is 15.4. The fraction of sp³-hybridized carbons (Fsp3) is 0.203. The summed E-state index contributed by atoms with van der Waals surface area (Å²) in [5.74, 6) is 0.925. The molecule has 0 aliphatic carbocycles. The van der Waals surface area contributed by atoms with Crippen molar-refractivity contribution in [1.82, 2.24) is 9.55 Å². The van der Waals surface area contributed by atoms with Crippen LogP contribution < -0.4 is 9.80 Å². The van der Waals surface area contributed by atoms with Gasteiger partial charge in [0.05, 0.1) is 27.8 Å². The fourth-order valence-electron chi connectivity index (χ4n) is 9.81. The Balaban J connectivity index is 1.29. The lowest BCUT2D eigenvalue weighted by Gasteiger charge is -2.39. The number of aryl methyl sites for hydroxylation is 2. The molecule has 10 rings (SSSR count). The molecule has 0 bridgehead atoms. The average molecular weight is 821 g/mol. The number of para-hydroxylation sites is 2. The first-order valence-corrected chi connectivity index (χ1v) is 22.3. The molecule has 0 radical (unpaired) electrons. The Kier molecular flexibility index (Phi) is 9.67. The summed E-state index contributed by atoms with van der Waals surface area (Å²) in [6.45, 7) is 19.0. The number of benzene rings is 7. The molecule has 0 amide bonds. The van der Waals surface area contributed by atoms with Crippen molar-refractivity contribution in [3.8, 4) is 5.82 Å². The van der Waals surface area contributed by atoms with Crippen molar-refractivity contribution in [2.24, 2.45) is 0 Å². The second-order valence-electron chi connectivity index (χ2n) is 19.5. The molecule has 0 unspecified atom stereocenters. The second kappa shape index (κ2) is 15.2. The Morgan fingerprint density at radius 2 is 0.952 bits per heavy atom. The topological polar surface area (TPSA) is 24.3 Å². The molecule has 0 spiro atoms. The molecule has 3 heterocycles. The molecule has 9 aromatic rings. The summed E-state index contributed by atoms with van der Waals surface area (Å²) in [7, 11) is 0. The molecule has 0 saturated heterocycles. The van der Waals surface area contributed by atoms with Gasteiger partial charge in [-0.2, -0.15) is 0 Å². The van der Waals surface area contributed by atoms with E-state index in [-0.39, 0.29) is 10.8 Å². The van der Waals surface area contributed by atoms with E-state index in [0.29, 0.717) is 6.67 Å². The zero-order chi connectivity index (χ0) is 43.7. The molecule has 2 aromatic heterocycles. The number of hydrogen-bond acceptors (Lipinski definition) is 3. The zero-order valence-electron chi connectivity index (χ0n) is 37.8. The second-order valence-corrected chi connectivity index (χ2v) is 19.5.